The first kappa shape index (κ1) is 16.0. The molecule has 1 heterocycles. The van der Waals surface area contributed by atoms with Gasteiger partial charge in [-0.2, -0.15) is 0 Å². The highest BCUT2D eigenvalue weighted by Gasteiger charge is 2.24. The van der Waals surface area contributed by atoms with Gasteiger partial charge in [-0.25, -0.2) is 0 Å². The van der Waals surface area contributed by atoms with Crippen molar-refractivity contribution in [1.82, 2.24) is 5.32 Å². The topological polar surface area (TPSA) is 21.3 Å². The van der Waals surface area contributed by atoms with E-state index < -0.39 is 0 Å². The molecular weight excluding hydrogens is 266 g/mol. The number of thiophene rings is 1. The fraction of sp³-hybridized carbons (Fsp3) is 0.765. The van der Waals surface area contributed by atoms with Crippen molar-refractivity contribution in [2.75, 3.05) is 0 Å². The Balaban J connectivity index is 1.74. The number of rotatable bonds is 6. The second-order valence-corrected chi connectivity index (χ2v) is 7.86. The van der Waals surface area contributed by atoms with Crippen LogP contribution in [-0.2, 0) is 17.9 Å². The van der Waals surface area contributed by atoms with Crippen LogP contribution < -0.4 is 5.32 Å². The highest BCUT2D eigenvalue weighted by molar-refractivity contribution is 7.11. The van der Waals surface area contributed by atoms with Crippen LogP contribution >= 0.6 is 11.3 Å². The highest BCUT2D eigenvalue weighted by Crippen LogP contribution is 2.31. The average molecular weight is 295 g/mol. The summed E-state index contributed by atoms with van der Waals surface area (Å²) in [6.45, 7) is 10.9. The summed E-state index contributed by atoms with van der Waals surface area (Å²) in [5, 5.41) is 3.46. The van der Waals surface area contributed by atoms with Gasteiger partial charge in [0.05, 0.1) is 12.7 Å². The maximum Gasteiger partial charge on any atom is 0.0813 e. The van der Waals surface area contributed by atoms with Crippen LogP contribution in [-0.4, -0.2) is 12.1 Å². The van der Waals surface area contributed by atoms with E-state index in [4.69, 9.17) is 4.74 Å². The van der Waals surface area contributed by atoms with Crippen LogP contribution in [0.4, 0.5) is 0 Å². The predicted molar refractivity (Wildman–Crippen MR) is 87.1 cm³/mol. The largest absolute Gasteiger partial charge is 0.373 e. The third kappa shape index (κ3) is 4.87. The molecule has 0 aromatic carbocycles. The molecule has 1 N–H and O–H groups in total. The zero-order chi connectivity index (χ0) is 14.5. The number of nitrogens with one attached hydrogen (secondary N) is 1. The lowest BCUT2D eigenvalue weighted by Crippen LogP contribution is -2.26. The van der Waals surface area contributed by atoms with Gasteiger partial charge in [-0.15, -0.1) is 11.3 Å². The molecule has 0 amide bonds. The van der Waals surface area contributed by atoms with Crippen molar-refractivity contribution in [3.63, 3.8) is 0 Å². The molecule has 0 aliphatic heterocycles. The van der Waals surface area contributed by atoms with Crippen molar-refractivity contribution in [1.29, 1.82) is 0 Å². The van der Waals surface area contributed by atoms with Crippen molar-refractivity contribution in [2.24, 2.45) is 11.8 Å². The van der Waals surface area contributed by atoms with Gasteiger partial charge in [0.15, 0.2) is 0 Å². The molecule has 3 unspecified atom stereocenters. The van der Waals surface area contributed by atoms with E-state index in [2.05, 4.69) is 45.1 Å². The summed E-state index contributed by atoms with van der Waals surface area (Å²) < 4.78 is 6.12. The Morgan fingerprint density at radius 1 is 1.20 bits per heavy atom. The lowest BCUT2D eigenvalue weighted by atomic mass is 9.80. The molecule has 0 spiro atoms. The van der Waals surface area contributed by atoms with E-state index in [0.29, 0.717) is 12.1 Å². The normalized spacial score (nSPS) is 27.1. The van der Waals surface area contributed by atoms with Crippen molar-refractivity contribution >= 4 is 11.3 Å². The molecule has 3 heteroatoms. The highest BCUT2D eigenvalue weighted by atomic mass is 32.1. The SMILES string of the molecule is CC(C)NCc1ccc(COC2CCC(C)C(C)C2)s1. The number of hydrogen-bond donors (Lipinski definition) is 1. The molecule has 2 rings (SSSR count). The Labute approximate surface area is 127 Å². The summed E-state index contributed by atoms with van der Waals surface area (Å²) in [5.41, 5.74) is 0. The van der Waals surface area contributed by atoms with Crippen molar-refractivity contribution in [3.8, 4) is 0 Å². The lowest BCUT2D eigenvalue weighted by Gasteiger charge is -2.31. The minimum absolute atomic E-state index is 0.473. The third-order valence-electron chi connectivity index (χ3n) is 4.41. The molecule has 0 radical (unpaired) electrons. The maximum absolute atomic E-state index is 6.12. The second kappa shape index (κ2) is 7.58. The summed E-state index contributed by atoms with van der Waals surface area (Å²) in [5.74, 6) is 1.67. The van der Waals surface area contributed by atoms with Gasteiger partial charge in [-0.1, -0.05) is 27.7 Å². The maximum atomic E-state index is 6.12. The molecule has 2 nitrogen and oxygen atoms in total. The zero-order valence-electron chi connectivity index (χ0n) is 13.3. The van der Waals surface area contributed by atoms with Gasteiger partial charge in [-0.05, 0) is 43.2 Å². The van der Waals surface area contributed by atoms with Gasteiger partial charge in [0, 0.05) is 22.3 Å². The van der Waals surface area contributed by atoms with E-state index in [0.717, 1.165) is 25.0 Å². The Morgan fingerprint density at radius 2 is 1.95 bits per heavy atom. The monoisotopic (exact) mass is 295 g/mol. The molecular formula is C17H29NOS. The molecule has 1 aliphatic rings. The summed E-state index contributed by atoms with van der Waals surface area (Å²) in [7, 11) is 0. The molecule has 1 fully saturated rings. The summed E-state index contributed by atoms with van der Waals surface area (Å²) in [4.78, 5) is 2.76. The Kier molecular flexibility index (Phi) is 6.06. The predicted octanol–water partition coefficient (Wildman–Crippen LogP) is 4.59. The van der Waals surface area contributed by atoms with Crippen LogP contribution in [0.5, 0.6) is 0 Å². The van der Waals surface area contributed by atoms with E-state index in [1.54, 1.807) is 0 Å². The molecule has 3 atom stereocenters. The van der Waals surface area contributed by atoms with Crippen LogP contribution in [0.15, 0.2) is 12.1 Å². The standard InChI is InChI=1S/C17H29NOS/c1-12(2)18-10-16-7-8-17(20-16)11-19-15-6-5-13(3)14(4)9-15/h7-8,12-15,18H,5-6,9-11H2,1-4H3. The third-order valence-corrected chi connectivity index (χ3v) is 5.47. The smallest absolute Gasteiger partial charge is 0.0813 e. The first-order chi connectivity index (χ1) is 9.54. The molecule has 20 heavy (non-hydrogen) atoms. The van der Waals surface area contributed by atoms with Crippen molar-refractivity contribution < 1.29 is 4.74 Å². The fourth-order valence-corrected chi connectivity index (χ4v) is 3.64. The summed E-state index contributed by atoms with van der Waals surface area (Å²) >= 11 is 1.88. The quantitative estimate of drug-likeness (QED) is 0.829. The first-order valence-electron chi connectivity index (χ1n) is 7.97. The molecule has 0 bridgehead atoms. The van der Waals surface area contributed by atoms with Gasteiger partial charge in [0.25, 0.3) is 0 Å². The van der Waals surface area contributed by atoms with Crippen molar-refractivity contribution in [3.05, 3.63) is 21.9 Å². The number of hydrogen-bond acceptors (Lipinski definition) is 3. The van der Waals surface area contributed by atoms with Crippen molar-refractivity contribution in [2.45, 2.75) is 72.3 Å². The van der Waals surface area contributed by atoms with E-state index in [-0.39, 0.29) is 0 Å². The van der Waals surface area contributed by atoms with Crippen LogP contribution in [0.1, 0.15) is 56.7 Å². The minimum Gasteiger partial charge on any atom is -0.373 e. The van der Waals surface area contributed by atoms with E-state index in [9.17, 15) is 0 Å². The Bertz CT molecular complexity index is 401. The zero-order valence-corrected chi connectivity index (χ0v) is 14.1. The van der Waals surface area contributed by atoms with E-state index in [1.807, 2.05) is 11.3 Å². The average Bonchev–Trinajstić information content (AvgIpc) is 2.86. The first-order valence-corrected chi connectivity index (χ1v) is 8.78. The minimum atomic E-state index is 0.473. The fourth-order valence-electron chi connectivity index (χ4n) is 2.75. The van der Waals surface area contributed by atoms with E-state index >= 15 is 0 Å². The van der Waals surface area contributed by atoms with Crippen LogP contribution in [0, 0.1) is 11.8 Å². The molecule has 114 valence electrons. The van der Waals surface area contributed by atoms with Crippen LogP contribution in [0.3, 0.4) is 0 Å². The molecule has 1 aliphatic carbocycles. The lowest BCUT2D eigenvalue weighted by molar-refractivity contribution is -0.00633. The molecule has 1 saturated carbocycles. The van der Waals surface area contributed by atoms with Gasteiger partial charge in [0.1, 0.15) is 0 Å². The molecule has 1 aromatic rings. The van der Waals surface area contributed by atoms with Crippen LogP contribution in [0.25, 0.3) is 0 Å². The van der Waals surface area contributed by atoms with Gasteiger partial charge in [0.2, 0.25) is 0 Å². The van der Waals surface area contributed by atoms with Crippen LogP contribution in [0.2, 0.25) is 0 Å². The Morgan fingerprint density at radius 3 is 2.65 bits per heavy atom. The summed E-state index contributed by atoms with van der Waals surface area (Å²) in [6, 6.07) is 4.99. The van der Waals surface area contributed by atoms with Gasteiger partial charge in [-0.3, -0.25) is 0 Å². The number of ether oxygens (including phenoxy) is 1. The Hall–Kier alpha value is -0.380. The molecule has 0 saturated heterocycles. The molecule has 1 aromatic heterocycles. The van der Waals surface area contributed by atoms with Gasteiger partial charge >= 0.3 is 0 Å². The second-order valence-electron chi connectivity index (χ2n) is 6.60. The van der Waals surface area contributed by atoms with Gasteiger partial charge < -0.3 is 10.1 Å². The summed E-state index contributed by atoms with van der Waals surface area (Å²) in [6.07, 6.45) is 4.26. The van der Waals surface area contributed by atoms with E-state index in [1.165, 1.54) is 29.0 Å².